The van der Waals surface area contributed by atoms with Gasteiger partial charge in [-0.25, -0.2) is 0 Å². The van der Waals surface area contributed by atoms with Crippen LogP contribution in [0, 0.1) is 0 Å². The number of hydrogen-bond acceptors (Lipinski definition) is 3. The standard InChI is InChI=1S/C18H21ClN2O2/c1-13(20-2)12-21-18(22)17(14-6-4-3-5-7-14)23-16-10-8-15(19)9-11-16/h3-11,13,17,20H,12H2,1-2H3,(H,21,22). The Labute approximate surface area is 141 Å². The molecule has 0 aliphatic carbocycles. The Bertz CT molecular complexity index is 617. The molecule has 0 spiro atoms. The first-order valence-corrected chi connectivity index (χ1v) is 7.90. The number of rotatable bonds is 7. The van der Waals surface area contributed by atoms with Crippen LogP contribution in [0.2, 0.25) is 5.02 Å². The lowest BCUT2D eigenvalue weighted by Crippen LogP contribution is -2.40. The van der Waals surface area contributed by atoms with Crippen LogP contribution in [0.3, 0.4) is 0 Å². The molecule has 0 aromatic heterocycles. The first kappa shape index (κ1) is 17.3. The molecule has 2 atom stereocenters. The van der Waals surface area contributed by atoms with Gasteiger partial charge in [0.05, 0.1) is 0 Å². The van der Waals surface area contributed by atoms with E-state index < -0.39 is 6.10 Å². The Morgan fingerprint density at radius 1 is 1.13 bits per heavy atom. The Morgan fingerprint density at radius 3 is 2.39 bits per heavy atom. The van der Waals surface area contributed by atoms with Crippen LogP contribution in [0.25, 0.3) is 0 Å². The number of carbonyl (C=O) groups is 1. The number of ether oxygens (including phenoxy) is 1. The van der Waals surface area contributed by atoms with Crippen molar-refractivity contribution in [3.05, 3.63) is 65.2 Å². The molecule has 0 aliphatic heterocycles. The van der Waals surface area contributed by atoms with E-state index in [1.54, 1.807) is 24.3 Å². The summed E-state index contributed by atoms with van der Waals surface area (Å²) in [6.45, 7) is 2.53. The molecule has 2 aromatic carbocycles. The highest BCUT2D eigenvalue weighted by Gasteiger charge is 2.22. The van der Waals surface area contributed by atoms with Crippen molar-refractivity contribution in [2.75, 3.05) is 13.6 Å². The summed E-state index contributed by atoms with van der Waals surface area (Å²) in [5.74, 6) is 0.424. The number of likely N-dealkylation sites (N-methyl/N-ethyl adjacent to an activating group) is 1. The molecule has 23 heavy (non-hydrogen) atoms. The van der Waals surface area contributed by atoms with E-state index >= 15 is 0 Å². The highest BCUT2D eigenvalue weighted by Crippen LogP contribution is 2.23. The Balaban J connectivity index is 2.15. The number of halogens is 1. The van der Waals surface area contributed by atoms with Crippen LogP contribution >= 0.6 is 11.6 Å². The molecule has 5 heteroatoms. The lowest BCUT2D eigenvalue weighted by atomic mass is 10.1. The first-order chi connectivity index (χ1) is 11.1. The third kappa shape index (κ3) is 5.27. The van der Waals surface area contributed by atoms with Crippen molar-refractivity contribution >= 4 is 17.5 Å². The molecule has 2 unspecified atom stereocenters. The Hall–Kier alpha value is -2.04. The van der Waals surface area contributed by atoms with Crippen LogP contribution in [0.4, 0.5) is 0 Å². The lowest BCUT2D eigenvalue weighted by Gasteiger charge is -2.20. The van der Waals surface area contributed by atoms with E-state index in [0.717, 1.165) is 5.56 Å². The third-order valence-corrected chi connectivity index (χ3v) is 3.74. The molecule has 0 saturated carbocycles. The highest BCUT2D eigenvalue weighted by molar-refractivity contribution is 6.30. The zero-order valence-electron chi connectivity index (χ0n) is 13.3. The van der Waals surface area contributed by atoms with E-state index in [4.69, 9.17) is 16.3 Å². The van der Waals surface area contributed by atoms with Crippen molar-refractivity contribution in [1.82, 2.24) is 10.6 Å². The molecule has 1 amide bonds. The molecular weight excluding hydrogens is 312 g/mol. The van der Waals surface area contributed by atoms with E-state index in [1.807, 2.05) is 44.3 Å². The minimum atomic E-state index is -0.707. The summed E-state index contributed by atoms with van der Waals surface area (Å²) in [4.78, 5) is 12.5. The summed E-state index contributed by atoms with van der Waals surface area (Å²) in [5, 5.41) is 6.62. The minimum Gasteiger partial charge on any atom is -0.476 e. The summed E-state index contributed by atoms with van der Waals surface area (Å²) >= 11 is 5.89. The van der Waals surface area contributed by atoms with Crippen LogP contribution in [-0.2, 0) is 4.79 Å². The molecule has 0 saturated heterocycles. The second kappa shape index (κ2) is 8.56. The normalized spacial score (nSPS) is 13.2. The van der Waals surface area contributed by atoms with Crippen molar-refractivity contribution in [2.45, 2.75) is 19.1 Å². The molecule has 2 aromatic rings. The maximum absolute atomic E-state index is 12.5. The maximum Gasteiger partial charge on any atom is 0.265 e. The van der Waals surface area contributed by atoms with Gasteiger partial charge in [0.1, 0.15) is 5.75 Å². The topological polar surface area (TPSA) is 50.4 Å². The van der Waals surface area contributed by atoms with Gasteiger partial charge in [0.25, 0.3) is 5.91 Å². The summed E-state index contributed by atoms with van der Waals surface area (Å²) in [6.07, 6.45) is -0.707. The average molecular weight is 333 g/mol. The van der Waals surface area contributed by atoms with Gasteiger partial charge in [0.2, 0.25) is 6.10 Å². The van der Waals surface area contributed by atoms with Crippen LogP contribution < -0.4 is 15.4 Å². The van der Waals surface area contributed by atoms with Crippen LogP contribution in [-0.4, -0.2) is 25.5 Å². The van der Waals surface area contributed by atoms with E-state index in [-0.39, 0.29) is 11.9 Å². The summed E-state index contributed by atoms with van der Waals surface area (Å²) < 4.78 is 5.89. The number of carbonyl (C=O) groups excluding carboxylic acids is 1. The fraction of sp³-hybridized carbons (Fsp3) is 0.278. The van der Waals surface area contributed by atoms with Gasteiger partial charge < -0.3 is 15.4 Å². The second-order valence-corrected chi connectivity index (χ2v) is 5.73. The zero-order chi connectivity index (χ0) is 16.7. The van der Waals surface area contributed by atoms with Crippen molar-refractivity contribution in [3.63, 3.8) is 0 Å². The largest absolute Gasteiger partial charge is 0.476 e. The fourth-order valence-corrected chi connectivity index (χ4v) is 2.12. The summed E-state index contributed by atoms with van der Waals surface area (Å²) in [5.41, 5.74) is 0.803. The van der Waals surface area contributed by atoms with Crippen LogP contribution in [0.15, 0.2) is 54.6 Å². The molecule has 0 aliphatic rings. The van der Waals surface area contributed by atoms with Gasteiger partial charge in [0.15, 0.2) is 0 Å². The number of amides is 1. The molecule has 0 heterocycles. The molecule has 0 fully saturated rings. The Kier molecular flexibility index (Phi) is 6.44. The lowest BCUT2D eigenvalue weighted by molar-refractivity contribution is -0.128. The van der Waals surface area contributed by atoms with Gasteiger partial charge in [-0.15, -0.1) is 0 Å². The molecule has 2 N–H and O–H groups in total. The highest BCUT2D eigenvalue weighted by atomic mass is 35.5. The van der Waals surface area contributed by atoms with E-state index in [9.17, 15) is 4.79 Å². The molecule has 4 nitrogen and oxygen atoms in total. The molecule has 0 radical (unpaired) electrons. The van der Waals surface area contributed by atoms with Crippen molar-refractivity contribution < 1.29 is 9.53 Å². The zero-order valence-corrected chi connectivity index (χ0v) is 14.0. The molecule has 122 valence electrons. The van der Waals surface area contributed by atoms with Crippen molar-refractivity contribution in [2.24, 2.45) is 0 Å². The third-order valence-electron chi connectivity index (χ3n) is 3.48. The van der Waals surface area contributed by atoms with Gasteiger partial charge in [-0.05, 0) is 38.2 Å². The smallest absolute Gasteiger partial charge is 0.265 e. The fourth-order valence-electron chi connectivity index (χ4n) is 2.00. The average Bonchev–Trinajstić information content (AvgIpc) is 2.59. The van der Waals surface area contributed by atoms with E-state index in [0.29, 0.717) is 17.3 Å². The predicted molar refractivity (Wildman–Crippen MR) is 92.8 cm³/mol. The van der Waals surface area contributed by atoms with Crippen molar-refractivity contribution in [1.29, 1.82) is 0 Å². The van der Waals surface area contributed by atoms with Crippen molar-refractivity contribution in [3.8, 4) is 5.75 Å². The first-order valence-electron chi connectivity index (χ1n) is 7.52. The minimum absolute atomic E-state index is 0.173. The van der Waals surface area contributed by atoms with Gasteiger partial charge in [0, 0.05) is 23.2 Å². The summed E-state index contributed by atoms with van der Waals surface area (Å²) in [7, 11) is 1.86. The molecular formula is C18H21ClN2O2. The van der Waals surface area contributed by atoms with Gasteiger partial charge in [-0.2, -0.15) is 0 Å². The Morgan fingerprint density at radius 2 is 1.78 bits per heavy atom. The van der Waals surface area contributed by atoms with Gasteiger partial charge in [-0.1, -0.05) is 41.9 Å². The second-order valence-electron chi connectivity index (χ2n) is 5.30. The monoisotopic (exact) mass is 332 g/mol. The number of hydrogen-bond donors (Lipinski definition) is 2. The number of nitrogens with one attached hydrogen (secondary N) is 2. The molecule has 0 bridgehead atoms. The molecule has 2 rings (SSSR count). The van der Waals surface area contributed by atoms with Gasteiger partial charge in [-0.3, -0.25) is 4.79 Å². The summed E-state index contributed by atoms with van der Waals surface area (Å²) in [6, 6.07) is 16.6. The predicted octanol–water partition coefficient (Wildman–Crippen LogP) is 3.18. The SMILES string of the molecule is CNC(C)CNC(=O)C(Oc1ccc(Cl)cc1)c1ccccc1. The maximum atomic E-state index is 12.5. The number of benzene rings is 2. The van der Waals surface area contributed by atoms with Gasteiger partial charge >= 0.3 is 0 Å². The quantitative estimate of drug-likeness (QED) is 0.818. The van der Waals surface area contributed by atoms with Crippen LogP contribution in [0.1, 0.15) is 18.6 Å². The van der Waals surface area contributed by atoms with Crippen LogP contribution in [0.5, 0.6) is 5.75 Å². The van der Waals surface area contributed by atoms with E-state index in [1.165, 1.54) is 0 Å². The van der Waals surface area contributed by atoms with E-state index in [2.05, 4.69) is 10.6 Å².